The van der Waals surface area contributed by atoms with Gasteiger partial charge in [0.2, 0.25) is 0 Å². The molecule has 1 atom stereocenters. The molecule has 0 bridgehead atoms. The van der Waals surface area contributed by atoms with E-state index in [0.717, 1.165) is 19.4 Å². The topological polar surface area (TPSA) is 75.9 Å². The molecule has 7 nitrogen and oxygen atoms in total. The van der Waals surface area contributed by atoms with E-state index in [1.807, 2.05) is 0 Å². The zero-order valence-electron chi connectivity index (χ0n) is 12.1. The number of likely N-dealkylation sites (N-methyl/N-ethyl adjacent to an activating group) is 1. The minimum Gasteiger partial charge on any atom is -0.364 e. The molecule has 7 heteroatoms. The third-order valence-electron chi connectivity index (χ3n) is 4.21. The standard InChI is InChI=1S/C14H19N3O4/c1-16-5-3-2-4-14(13(16)19)10-17(6-7-20-14)12(18)11-8-15-21-9-11/h8-9H,2-7,10H2,1H3. The average Bonchev–Trinajstić information content (AvgIpc) is 3.00. The van der Waals surface area contributed by atoms with E-state index in [4.69, 9.17) is 9.26 Å². The van der Waals surface area contributed by atoms with Gasteiger partial charge in [-0.15, -0.1) is 0 Å². The highest BCUT2D eigenvalue weighted by molar-refractivity contribution is 5.94. The molecule has 1 aromatic rings. The lowest BCUT2D eigenvalue weighted by Crippen LogP contribution is -2.60. The number of nitrogens with zero attached hydrogens (tertiary/aromatic N) is 3. The maximum absolute atomic E-state index is 12.6. The maximum Gasteiger partial charge on any atom is 0.258 e. The summed E-state index contributed by atoms with van der Waals surface area (Å²) in [5.74, 6) is -0.193. The first-order valence-electron chi connectivity index (χ1n) is 7.21. The Bertz CT molecular complexity index is 530. The molecule has 114 valence electrons. The van der Waals surface area contributed by atoms with Crippen LogP contribution in [-0.2, 0) is 9.53 Å². The zero-order chi connectivity index (χ0) is 14.9. The van der Waals surface area contributed by atoms with Crippen molar-refractivity contribution in [3.63, 3.8) is 0 Å². The molecular formula is C14H19N3O4. The number of amides is 2. The lowest BCUT2D eigenvalue weighted by atomic mass is 9.94. The van der Waals surface area contributed by atoms with Gasteiger partial charge in [-0.25, -0.2) is 0 Å². The SMILES string of the molecule is CN1CCCCC2(CN(C(=O)c3cnoc3)CCO2)C1=O. The fraction of sp³-hybridized carbons (Fsp3) is 0.643. The van der Waals surface area contributed by atoms with Crippen LogP contribution in [0.4, 0.5) is 0 Å². The van der Waals surface area contributed by atoms with Crippen LogP contribution in [0.1, 0.15) is 29.6 Å². The number of hydrogen-bond acceptors (Lipinski definition) is 5. The Balaban J connectivity index is 1.81. The molecule has 2 saturated heterocycles. The predicted molar refractivity (Wildman–Crippen MR) is 72.6 cm³/mol. The minimum atomic E-state index is -0.893. The van der Waals surface area contributed by atoms with Crippen molar-refractivity contribution < 1.29 is 18.8 Å². The number of likely N-dealkylation sites (tertiary alicyclic amines) is 1. The van der Waals surface area contributed by atoms with E-state index in [1.54, 1.807) is 16.8 Å². The maximum atomic E-state index is 12.6. The summed E-state index contributed by atoms with van der Waals surface area (Å²) >= 11 is 0. The molecular weight excluding hydrogens is 274 g/mol. The van der Waals surface area contributed by atoms with Crippen molar-refractivity contribution in [3.05, 3.63) is 18.0 Å². The number of morpholine rings is 1. The predicted octanol–water partition coefficient (Wildman–Crippen LogP) is 0.528. The quantitative estimate of drug-likeness (QED) is 0.755. The molecule has 2 fully saturated rings. The lowest BCUT2D eigenvalue weighted by molar-refractivity contribution is -0.166. The van der Waals surface area contributed by atoms with E-state index < -0.39 is 5.60 Å². The van der Waals surface area contributed by atoms with Gasteiger partial charge in [0.05, 0.1) is 24.9 Å². The van der Waals surface area contributed by atoms with Crippen molar-refractivity contribution in [2.24, 2.45) is 0 Å². The Kier molecular flexibility index (Phi) is 3.67. The Morgan fingerprint density at radius 1 is 1.38 bits per heavy atom. The average molecular weight is 293 g/mol. The van der Waals surface area contributed by atoms with E-state index in [-0.39, 0.29) is 11.8 Å². The number of rotatable bonds is 1. The van der Waals surface area contributed by atoms with Crippen molar-refractivity contribution >= 4 is 11.8 Å². The van der Waals surface area contributed by atoms with Crippen LogP contribution in [-0.4, -0.2) is 65.7 Å². The molecule has 2 aliphatic rings. The molecule has 21 heavy (non-hydrogen) atoms. The van der Waals surface area contributed by atoms with Gasteiger partial charge in [0.15, 0.2) is 5.60 Å². The van der Waals surface area contributed by atoms with Crippen LogP contribution in [0.25, 0.3) is 0 Å². The summed E-state index contributed by atoms with van der Waals surface area (Å²) in [5.41, 5.74) is -0.488. The molecule has 1 unspecified atom stereocenters. The Morgan fingerprint density at radius 2 is 2.24 bits per heavy atom. The molecule has 1 aromatic heterocycles. The summed E-state index contributed by atoms with van der Waals surface area (Å²) in [6.45, 7) is 1.88. The number of hydrogen-bond donors (Lipinski definition) is 0. The van der Waals surface area contributed by atoms with Crippen LogP contribution in [0, 0.1) is 0 Å². The van der Waals surface area contributed by atoms with Crippen LogP contribution >= 0.6 is 0 Å². The van der Waals surface area contributed by atoms with Crippen molar-refractivity contribution in [3.8, 4) is 0 Å². The highest BCUT2D eigenvalue weighted by Gasteiger charge is 2.47. The number of ether oxygens (including phenoxy) is 1. The second-order valence-electron chi connectivity index (χ2n) is 5.67. The van der Waals surface area contributed by atoms with E-state index >= 15 is 0 Å². The molecule has 1 spiro atoms. The van der Waals surface area contributed by atoms with Crippen LogP contribution in [0.15, 0.2) is 17.0 Å². The zero-order valence-corrected chi connectivity index (χ0v) is 12.1. The monoisotopic (exact) mass is 293 g/mol. The largest absolute Gasteiger partial charge is 0.364 e. The fourth-order valence-electron chi connectivity index (χ4n) is 3.05. The number of carbonyl (C=O) groups excluding carboxylic acids is 2. The van der Waals surface area contributed by atoms with Crippen molar-refractivity contribution in [2.45, 2.75) is 24.9 Å². The molecule has 2 amide bonds. The van der Waals surface area contributed by atoms with E-state index in [2.05, 4.69) is 5.16 Å². The molecule has 0 aromatic carbocycles. The van der Waals surface area contributed by atoms with Crippen LogP contribution in [0.3, 0.4) is 0 Å². The van der Waals surface area contributed by atoms with Gasteiger partial charge in [-0.05, 0) is 19.3 Å². The molecule has 3 rings (SSSR count). The minimum absolute atomic E-state index is 0.0252. The van der Waals surface area contributed by atoms with Crippen LogP contribution in [0.2, 0.25) is 0 Å². The molecule has 3 heterocycles. The second kappa shape index (κ2) is 5.48. The van der Waals surface area contributed by atoms with Crippen LogP contribution in [0.5, 0.6) is 0 Å². The second-order valence-corrected chi connectivity index (χ2v) is 5.67. The first-order valence-corrected chi connectivity index (χ1v) is 7.21. The highest BCUT2D eigenvalue weighted by Crippen LogP contribution is 2.29. The summed E-state index contributed by atoms with van der Waals surface area (Å²) in [6, 6.07) is 0. The van der Waals surface area contributed by atoms with Gasteiger partial charge in [0, 0.05) is 20.1 Å². The third-order valence-corrected chi connectivity index (χ3v) is 4.21. The van der Waals surface area contributed by atoms with E-state index in [1.165, 1.54) is 12.5 Å². The van der Waals surface area contributed by atoms with Gasteiger partial charge in [0.1, 0.15) is 6.26 Å². The van der Waals surface area contributed by atoms with Gasteiger partial charge in [-0.2, -0.15) is 0 Å². The van der Waals surface area contributed by atoms with Gasteiger partial charge in [0.25, 0.3) is 11.8 Å². The van der Waals surface area contributed by atoms with Crippen molar-refractivity contribution in [1.29, 1.82) is 0 Å². The number of carbonyl (C=O) groups is 2. The molecule has 0 N–H and O–H groups in total. The molecule has 0 aliphatic carbocycles. The Hall–Kier alpha value is -1.89. The smallest absolute Gasteiger partial charge is 0.258 e. The summed E-state index contributed by atoms with van der Waals surface area (Å²) in [4.78, 5) is 28.4. The third kappa shape index (κ3) is 2.53. The number of aromatic nitrogens is 1. The first kappa shape index (κ1) is 14.1. The Morgan fingerprint density at radius 3 is 3.00 bits per heavy atom. The Labute approximate surface area is 122 Å². The van der Waals surface area contributed by atoms with E-state index in [0.29, 0.717) is 31.7 Å². The summed E-state index contributed by atoms with van der Waals surface area (Å²) in [5, 5.41) is 3.56. The van der Waals surface area contributed by atoms with E-state index in [9.17, 15) is 9.59 Å². The van der Waals surface area contributed by atoms with Gasteiger partial charge >= 0.3 is 0 Å². The van der Waals surface area contributed by atoms with Crippen molar-refractivity contribution in [2.75, 3.05) is 33.3 Å². The van der Waals surface area contributed by atoms with Gasteiger partial charge in [-0.1, -0.05) is 5.16 Å². The molecule has 0 radical (unpaired) electrons. The summed E-state index contributed by atoms with van der Waals surface area (Å²) < 4.78 is 10.6. The normalized spacial score (nSPS) is 27.0. The summed E-state index contributed by atoms with van der Waals surface area (Å²) in [6.07, 6.45) is 5.26. The van der Waals surface area contributed by atoms with Crippen molar-refractivity contribution in [1.82, 2.24) is 15.0 Å². The summed E-state index contributed by atoms with van der Waals surface area (Å²) in [7, 11) is 1.79. The molecule has 0 saturated carbocycles. The lowest BCUT2D eigenvalue weighted by Gasteiger charge is -2.42. The van der Waals surface area contributed by atoms with Gasteiger partial charge in [-0.3, -0.25) is 9.59 Å². The first-order chi connectivity index (χ1) is 10.1. The van der Waals surface area contributed by atoms with Gasteiger partial charge < -0.3 is 19.1 Å². The fourth-order valence-corrected chi connectivity index (χ4v) is 3.05. The van der Waals surface area contributed by atoms with Crippen LogP contribution < -0.4 is 0 Å². The molecule has 2 aliphatic heterocycles. The highest BCUT2D eigenvalue weighted by atomic mass is 16.5.